The molecule has 0 N–H and O–H groups in total. The van der Waals surface area contributed by atoms with Crippen LogP contribution in [0.15, 0.2) is 293 Å². The number of likely N-dealkylation sites (N-methyl/N-ethyl adjacent to an activating group) is 1. The van der Waals surface area contributed by atoms with Crippen LogP contribution >= 0.6 is 0 Å². The number of fused-ring (bicyclic) bond motifs is 16. The van der Waals surface area contributed by atoms with Crippen molar-refractivity contribution in [1.82, 2.24) is 0 Å². The lowest BCUT2D eigenvalue weighted by Crippen LogP contribution is -2.62. The fraction of sp³-hybridized carbons (Fsp3) is 0.295. The molecule has 10 aliphatic heterocycles. The van der Waals surface area contributed by atoms with Crippen LogP contribution in [0.3, 0.4) is 0 Å². The van der Waals surface area contributed by atoms with E-state index in [-0.39, 0.29) is 21.7 Å². The van der Waals surface area contributed by atoms with Crippen LogP contribution in [-0.2, 0) is 39.3 Å². The lowest BCUT2D eigenvalue weighted by atomic mass is 9.77. The van der Waals surface area contributed by atoms with Crippen molar-refractivity contribution < 1.29 is 28.5 Å². The number of carbonyl (C=O) groups is 1. The maximum Gasteiger partial charge on any atom is 0.338 e. The first-order valence-corrected chi connectivity index (χ1v) is 45.4. The van der Waals surface area contributed by atoms with E-state index in [9.17, 15) is 4.79 Å². The number of carbonyl (C=O) groups excluding carboxylic acids is 1. The zero-order valence-electron chi connectivity index (χ0n) is 76.1. The summed E-state index contributed by atoms with van der Waals surface area (Å²) >= 11 is 0. The molecule has 646 valence electrons. The lowest BCUT2D eigenvalue weighted by molar-refractivity contribution is -0.130. The molecule has 0 amide bonds. The second kappa shape index (κ2) is 30.9. The highest BCUT2D eigenvalue weighted by Gasteiger charge is 2.64. The number of para-hydroxylation sites is 6. The molecule has 0 aliphatic carbocycles. The van der Waals surface area contributed by atoms with E-state index in [1.165, 1.54) is 78.3 Å². The van der Waals surface area contributed by atoms with Gasteiger partial charge in [-0.25, -0.2) is 4.79 Å². The normalized spacial score (nSPS) is 21.2. The summed E-state index contributed by atoms with van der Waals surface area (Å²) in [5, 5.41) is 6.53. The highest BCUT2D eigenvalue weighted by Crippen LogP contribution is 2.61. The molecule has 4 spiro atoms. The Morgan fingerprint density at radius 3 is 1.38 bits per heavy atom. The summed E-state index contributed by atoms with van der Waals surface area (Å²) in [6.45, 7) is 39.3. The maximum absolute atomic E-state index is 11.9. The number of hydrogen-bond acceptors (Lipinski definition) is 16. The van der Waals surface area contributed by atoms with Crippen LogP contribution in [0.5, 0.6) is 28.7 Å². The van der Waals surface area contributed by atoms with Gasteiger partial charge in [0.1, 0.15) is 40.0 Å². The van der Waals surface area contributed by atoms with E-state index in [4.69, 9.17) is 43.7 Å². The van der Waals surface area contributed by atoms with Gasteiger partial charge >= 0.3 is 5.97 Å². The summed E-state index contributed by atoms with van der Waals surface area (Å²) in [4.78, 5) is 46.2. The molecular formula is C112H112N10O6. The van der Waals surface area contributed by atoms with Gasteiger partial charge in [-0.2, -0.15) is 0 Å². The molecule has 4 unspecified atom stereocenters. The molecule has 4 atom stereocenters. The van der Waals surface area contributed by atoms with Crippen LogP contribution < -0.4 is 53.1 Å². The fourth-order valence-electron chi connectivity index (χ4n) is 21.7. The summed E-state index contributed by atoms with van der Waals surface area (Å²) in [5.74, 6) is 4.26. The van der Waals surface area contributed by atoms with Gasteiger partial charge in [0, 0.05) is 119 Å². The standard InChI is InChI=1S/C33H33N3O.C28H29N3O.C26H24N2O3.C25H26N2O/c1-22(2)20-36-28-16-10-8-14-26(28)32(3,4)33(36)21-34-31-25-13-7-6-12-24(25)29(19-30(31)37-33)35-18-17-23-11-5-9-15-27(23)35;1-4-16-31-25-12-8-6-10-22(25)27(2,3)28(31)19-29-23-14-13-21(18-26(23)32-28)30-17-15-20-9-5-7-11-24(20)30;1-16(2)24(29)30-18-12-10-17-11-13-22-23(19(17)14-18)27-15-26(31-22)25(3,4)20-8-6-7-9-21(20)28(26)5;1-17(2)15-27-21-12-8-7-11-20(21)24(3,4)25(27)16-26-23-19-10-6-5-9-18(19)13-14-22(23)28-25/h5-16,19,21-22H,17-18,20H2,1-4H3;5-14,18-19H,4,15-17H2,1-3H3;6-15H,1H2,2-5H3;5-14,16-17H,15H2,1-4H3. The molecule has 0 fully saturated rings. The van der Waals surface area contributed by atoms with Crippen molar-refractivity contribution in [2.45, 2.75) is 161 Å². The number of esters is 1. The van der Waals surface area contributed by atoms with Crippen molar-refractivity contribution in [2.75, 3.05) is 69.2 Å². The Balaban J connectivity index is 0.000000108. The average Bonchev–Trinajstić information content (AvgIpc) is 1.54. The molecule has 13 aromatic carbocycles. The summed E-state index contributed by atoms with van der Waals surface area (Å²) in [5.41, 5.74) is 17.8. The van der Waals surface area contributed by atoms with Crippen molar-refractivity contribution in [3.63, 3.8) is 0 Å². The Kier molecular flexibility index (Phi) is 20.0. The predicted molar refractivity (Wildman–Crippen MR) is 527 cm³/mol. The molecule has 13 aromatic rings. The minimum absolute atomic E-state index is 0.231. The minimum atomic E-state index is -0.735. The molecular weight excluding hydrogens is 1580 g/mol. The number of anilines is 8. The van der Waals surface area contributed by atoms with Gasteiger partial charge < -0.3 is 53.1 Å². The highest BCUT2D eigenvalue weighted by atomic mass is 16.5. The molecule has 0 saturated heterocycles. The summed E-state index contributed by atoms with van der Waals surface area (Å²) in [6.07, 6.45) is 11.2. The van der Waals surface area contributed by atoms with Gasteiger partial charge in [0.05, 0.1) is 52.2 Å². The molecule has 0 radical (unpaired) electrons. The third-order valence-corrected chi connectivity index (χ3v) is 28.5. The monoisotopic (exact) mass is 1690 g/mol. The Labute approximate surface area is 752 Å². The molecule has 10 aliphatic rings. The zero-order valence-corrected chi connectivity index (χ0v) is 76.1. The molecule has 10 heterocycles. The van der Waals surface area contributed by atoms with Gasteiger partial charge in [-0.15, -0.1) is 0 Å². The topological polar surface area (TPSA) is 132 Å². The zero-order chi connectivity index (χ0) is 88.8. The second-order valence-corrected chi connectivity index (χ2v) is 38.6. The van der Waals surface area contributed by atoms with E-state index in [1.54, 1.807) is 13.0 Å². The van der Waals surface area contributed by atoms with Crippen molar-refractivity contribution in [2.24, 2.45) is 31.8 Å². The molecule has 23 rings (SSSR count). The van der Waals surface area contributed by atoms with E-state index < -0.39 is 28.9 Å². The Morgan fingerprint density at radius 1 is 0.398 bits per heavy atom. The minimum Gasteiger partial charge on any atom is -0.459 e. The second-order valence-electron chi connectivity index (χ2n) is 38.6. The number of ether oxygens (including phenoxy) is 5. The Hall–Kier alpha value is -13.5. The Bertz CT molecular complexity index is 6800. The van der Waals surface area contributed by atoms with Gasteiger partial charge in [0.25, 0.3) is 0 Å². The van der Waals surface area contributed by atoms with Gasteiger partial charge in [0.15, 0.2) is 11.5 Å². The summed E-state index contributed by atoms with van der Waals surface area (Å²) < 4.78 is 33.2. The highest BCUT2D eigenvalue weighted by molar-refractivity contribution is 6.08. The number of nitrogens with zero attached hydrogens (tertiary/aromatic N) is 10. The first-order valence-electron chi connectivity index (χ1n) is 45.4. The van der Waals surface area contributed by atoms with Gasteiger partial charge in [-0.3, -0.25) is 20.0 Å². The largest absolute Gasteiger partial charge is 0.459 e. The third kappa shape index (κ3) is 12.7. The smallest absolute Gasteiger partial charge is 0.338 e. The van der Waals surface area contributed by atoms with Gasteiger partial charge in [0.2, 0.25) is 22.9 Å². The molecule has 0 bridgehead atoms. The molecule has 16 heteroatoms. The van der Waals surface area contributed by atoms with Crippen LogP contribution in [-0.4, -0.2) is 93.5 Å². The van der Waals surface area contributed by atoms with Crippen LogP contribution in [0.25, 0.3) is 32.3 Å². The van der Waals surface area contributed by atoms with Crippen molar-refractivity contribution in [3.05, 3.63) is 306 Å². The van der Waals surface area contributed by atoms with E-state index >= 15 is 0 Å². The summed E-state index contributed by atoms with van der Waals surface area (Å²) in [7, 11) is 2.04. The molecule has 128 heavy (non-hydrogen) atoms. The first kappa shape index (κ1) is 82.8. The Morgan fingerprint density at radius 2 is 0.812 bits per heavy atom. The van der Waals surface area contributed by atoms with E-state index in [0.29, 0.717) is 28.9 Å². The average molecular weight is 1690 g/mol. The van der Waals surface area contributed by atoms with Gasteiger partial charge in [-0.1, -0.05) is 217 Å². The van der Waals surface area contributed by atoms with E-state index in [1.807, 2.05) is 56.0 Å². The fourth-order valence-corrected chi connectivity index (χ4v) is 21.7. The van der Waals surface area contributed by atoms with Gasteiger partial charge in [-0.05, 0) is 210 Å². The molecule has 0 aromatic heterocycles. The maximum atomic E-state index is 11.9. The van der Waals surface area contributed by atoms with Crippen LogP contribution in [0.4, 0.5) is 68.2 Å². The van der Waals surface area contributed by atoms with Crippen LogP contribution in [0, 0.1) is 11.8 Å². The number of hydrogen-bond donors (Lipinski definition) is 0. The predicted octanol–water partition coefficient (Wildman–Crippen LogP) is 25.8. The van der Waals surface area contributed by atoms with Crippen molar-refractivity contribution >= 4 is 131 Å². The lowest BCUT2D eigenvalue weighted by Gasteiger charge is -2.47. The SMILES string of the molecule is C=C(C)C(=O)Oc1ccc2ccc3c(c2c1)N=CC1(O3)N(C)c2ccccc2C1(C)C.CC(C)CN1c2ccccc2C(C)(C)C12C=Nc1c(cc(N3CCc4ccccc43)c3ccccc13)O2.CC(C)CN1c2ccccc2C(C)(C)C12C=Nc1c(ccc3ccccc13)O2.CCCN1c2ccccc2C(C)(C)C12C=Nc1ccc(N3CCc4ccccc43)cc1O2. The van der Waals surface area contributed by atoms with Crippen molar-refractivity contribution in [1.29, 1.82) is 0 Å². The number of benzene rings is 13. The van der Waals surface area contributed by atoms with E-state index in [2.05, 4.69) is 357 Å². The van der Waals surface area contributed by atoms with E-state index in [0.717, 1.165) is 125 Å². The number of aliphatic imine (C=N–C) groups is 4. The third-order valence-electron chi connectivity index (χ3n) is 28.5. The first-order chi connectivity index (χ1) is 61.6. The summed E-state index contributed by atoms with van der Waals surface area (Å²) in [6, 6.07) is 91.2. The molecule has 16 nitrogen and oxygen atoms in total. The molecule has 0 saturated carbocycles. The quantitative estimate of drug-likeness (QED) is 0.0733. The van der Waals surface area contributed by atoms with Crippen LogP contribution in [0.2, 0.25) is 0 Å². The number of rotatable bonds is 10. The van der Waals surface area contributed by atoms with Crippen LogP contribution in [0.1, 0.15) is 137 Å². The van der Waals surface area contributed by atoms with Crippen molar-refractivity contribution in [3.8, 4) is 28.7 Å².